The highest BCUT2D eigenvalue weighted by atomic mass is 19.1. The number of nitrogens with one attached hydrogen (secondary N) is 2. The Morgan fingerprint density at radius 2 is 2.05 bits per heavy atom. The Hall–Kier alpha value is -1.62. The molecule has 1 aromatic rings. The summed E-state index contributed by atoms with van der Waals surface area (Å²) in [7, 11) is 0. The molecule has 0 aromatic heterocycles. The van der Waals surface area contributed by atoms with Crippen LogP contribution in [0, 0.1) is 5.82 Å². The maximum absolute atomic E-state index is 13.1. The Morgan fingerprint density at radius 3 is 2.65 bits per heavy atom. The predicted octanol–water partition coefficient (Wildman–Crippen LogP) is 2.94. The summed E-state index contributed by atoms with van der Waals surface area (Å²) in [5.41, 5.74) is 0.473. The summed E-state index contributed by atoms with van der Waals surface area (Å²) in [6.45, 7) is 8.93. The number of ether oxygens (including phenoxy) is 1. The van der Waals surface area contributed by atoms with Gasteiger partial charge in [0.05, 0.1) is 12.3 Å². The van der Waals surface area contributed by atoms with Crippen molar-refractivity contribution in [1.29, 1.82) is 0 Å². The molecule has 0 bridgehead atoms. The van der Waals surface area contributed by atoms with Gasteiger partial charge >= 0.3 is 0 Å². The molecule has 0 saturated carbocycles. The number of rotatable bonds is 6. The van der Waals surface area contributed by atoms with Crippen molar-refractivity contribution in [2.24, 2.45) is 0 Å². The summed E-state index contributed by atoms with van der Waals surface area (Å²) >= 11 is 0. The zero-order chi connectivity index (χ0) is 15.2. The van der Waals surface area contributed by atoms with Crippen molar-refractivity contribution in [3.63, 3.8) is 0 Å². The number of hydrogen-bond acceptors (Lipinski definition) is 3. The smallest absolute Gasteiger partial charge is 0.225 e. The van der Waals surface area contributed by atoms with E-state index in [0.29, 0.717) is 31.0 Å². The first-order valence-corrected chi connectivity index (χ1v) is 6.79. The van der Waals surface area contributed by atoms with Crippen LogP contribution in [0.1, 0.15) is 34.1 Å². The molecule has 0 aliphatic heterocycles. The largest absolute Gasteiger partial charge is 0.492 e. The highest BCUT2D eigenvalue weighted by Crippen LogP contribution is 2.25. The van der Waals surface area contributed by atoms with Gasteiger partial charge in [-0.15, -0.1) is 0 Å². The van der Waals surface area contributed by atoms with Crippen molar-refractivity contribution in [2.45, 2.75) is 39.7 Å². The van der Waals surface area contributed by atoms with Crippen molar-refractivity contribution in [1.82, 2.24) is 5.32 Å². The molecule has 1 amide bonds. The lowest BCUT2D eigenvalue weighted by molar-refractivity contribution is -0.116. The Morgan fingerprint density at radius 1 is 1.35 bits per heavy atom. The molecular weight excluding hydrogens is 259 g/mol. The summed E-state index contributed by atoms with van der Waals surface area (Å²) in [5.74, 6) is -0.167. The van der Waals surface area contributed by atoms with Crippen LogP contribution in [0.15, 0.2) is 18.2 Å². The van der Waals surface area contributed by atoms with Crippen molar-refractivity contribution in [3.8, 4) is 5.75 Å². The van der Waals surface area contributed by atoms with Crippen LogP contribution in [0.4, 0.5) is 10.1 Å². The molecule has 0 fully saturated rings. The van der Waals surface area contributed by atoms with Gasteiger partial charge in [-0.1, -0.05) is 0 Å². The van der Waals surface area contributed by atoms with Gasteiger partial charge in [0, 0.05) is 24.6 Å². The molecular formula is C15H23FN2O2. The van der Waals surface area contributed by atoms with E-state index < -0.39 is 0 Å². The summed E-state index contributed by atoms with van der Waals surface area (Å²) in [5, 5.41) is 5.97. The lowest BCUT2D eigenvalue weighted by atomic mass is 10.1. The van der Waals surface area contributed by atoms with Gasteiger partial charge in [-0.25, -0.2) is 4.39 Å². The van der Waals surface area contributed by atoms with Gasteiger partial charge in [-0.3, -0.25) is 4.79 Å². The minimum Gasteiger partial charge on any atom is -0.492 e. The van der Waals surface area contributed by atoms with E-state index in [4.69, 9.17) is 4.74 Å². The SMILES string of the molecule is CCOc1cc(F)ccc1NC(=O)CCNC(C)(C)C. The van der Waals surface area contributed by atoms with Crippen LogP contribution < -0.4 is 15.4 Å². The third-order valence-electron chi connectivity index (χ3n) is 2.52. The molecule has 0 unspecified atom stereocenters. The van der Waals surface area contributed by atoms with Crippen molar-refractivity contribution in [3.05, 3.63) is 24.0 Å². The first kappa shape index (κ1) is 16.4. The third-order valence-corrected chi connectivity index (χ3v) is 2.52. The van der Waals surface area contributed by atoms with Gasteiger partial charge in [0.1, 0.15) is 11.6 Å². The molecule has 112 valence electrons. The number of halogens is 1. The van der Waals surface area contributed by atoms with E-state index in [1.165, 1.54) is 18.2 Å². The number of carbonyl (C=O) groups excluding carboxylic acids is 1. The van der Waals surface area contributed by atoms with Crippen LogP contribution in [-0.4, -0.2) is 24.6 Å². The molecule has 0 aliphatic carbocycles. The summed E-state index contributed by atoms with van der Waals surface area (Å²) in [4.78, 5) is 11.8. The van der Waals surface area contributed by atoms with Crippen LogP contribution in [0.2, 0.25) is 0 Å². The Balaban J connectivity index is 2.57. The molecule has 1 rings (SSSR count). The van der Waals surface area contributed by atoms with Crippen LogP contribution in [0.3, 0.4) is 0 Å². The van der Waals surface area contributed by atoms with E-state index in [1.54, 1.807) is 0 Å². The molecule has 2 N–H and O–H groups in total. The predicted molar refractivity (Wildman–Crippen MR) is 78.6 cm³/mol. The average molecular weight is 282 g/mol. The first-order chi connectivity index (χ1) is 9.31. The van der Waals surface area contributed by atoms with Gasteiger partial charge in [0.2, 0.25) is 5.91 Å². The van der Waals surface area contributed by atoms with E-state index >= 15 is 0 Å². The normalized spacial score (nSPS) is 11.2. The Labute approximate surface area is 119 Å². The topological polar surface area (TPSA) is 50.4 Å². The van der Waals surface area contributed by atoms with Crippen LogP contribution in [-0.2, 0) is 4.79 Å². The Bertz CT molecular complexity index is 456. The lowest BCUT2D eigenvalue weighted by Gasteiger charge is -2.20. The first-order valence-electron chi connectivity index (χ1n) is 6.79. The van der Waals surface area contributed by atoms with Crippen molar-refractivity contribution in [2.75, 3.05) is 18.5 Å². The number of hydrogen-bond donors (Lipinski definition) is 2. The second kappa shape index (κ2) is 7.24. The Kier molecular flexibility index (Phi) is 5.95. The fourth-order valence-electron chi connectivity index (χ4n) is 1.64. The molecule has 0 radical (unpaired) electrons. The molecule has 4 nitrogen and oxygen atoms in total. The summed E-state index contributed by atoms with van der Waals surface area (Å²) in [6, 6.07) is 4.08. The van der Waals surface area contributed by atoms with Gasteiger partial charge in [-0.2, -0.15) is 0 Å². The van der Waals surface area contributed by atoms with E-state index in [1.807, 2.05) is 27.7 Å². The van der Waals surface area contributed by atoms with Crippen LogP contribution in [0.25, 0.3) is 0 Å². The average Bonchev–Trinajstić information content (AvgIpc) is 2.31. The molecule has 0 atom stereocenters. The van der Waals surface area contributed by atoms with Gasteiger partial charge in [-0.05, 0) is 39.8 Å². The van der Waals surface area contributed by atoms with Crippen LogP contribution in [0.5, 0.6) is 5.75 Å². The van der Waals surface area contributed by atoms with E-state index in [0.717, 1.165) is 0 Å². The van der Waals surface area contributed by atoms with E-state index in [2.05, 4.69) is 10.6 Å². The molecule has 5 heteroatoms. The maximum atomic E-state index is 13.1. The lowest BCUT2D eigenvalue weighted by Crippen LogP contribution is -2.37. The maximum Gasteiger partial charge on any atom is 0.225 e. The second-order valence-corrected chi connectivity index (χ2v) is 5.55. The van der Waals surface area contributed by atoms with Crippen molar-refractivity contribution >= 4 is 11.6 Å². The quantitative estimate of drug-likeness (QED) is 0.843. The van der Waals surface area contributed by atoms with Gasteiger partial charge in [0.25, 0.3) is 0 Å². The third kappa shape index (κ3) is 6.02. The summed E-state index contributed by atoms with van der Waals surface area (Å²) in [6.07, 6.45) is 0.347. The molecule has 0 spiro atoms. The van der Waals surface area contributed by atoms with Crippen LogP contribution >= 0.6 is 0 Å². The zero-order valence-corrected chi connectivity index (χ0v) is 12.5. The highest BCUT2D eigenvalue weighted by Gasteiger charge is 2.11. The second-order valence-electron chi connectivity index (χ2n) is 5.55. The standard InChI is InChI=1S/C15H23FN2O2/c1-5-20-13-10-11(16)6-7-12(13)18-14(19)8-9-17-15(2,3)4/h6-7,10,17H,5,8-9H2,1-4H3,(H,18,19). The van der Waals surface area contributed by atoms with Crippen molar-refractivity contribution < 1.29 is 13.9 Å². The fourth-order valence-corrected chi connectivity index (χ4v) is 1.64. The van der Waals surface area contributed by atoms with E-state index in [-0.39, 0.29) is 17.3 Å². The molecule has 20 heavy (non-hydrogen) atoms. The molecule has 1 aromatic carbocycles. The molecule has 0 aliphatic rings. The fraction of sp³-hybridized carbons (Fsp3) is 0.533. The highest BCUT2D eigenvalue weighted by molar-refractivity contribution is 5.92. The number of carbonyl (C=O) groups is 1. The molecule has 0 heterocycles. The van der Waals surface area contributed by atoms with E-state index in [9.17, 15) is 9.18 Å². The minimum absolute atomic E-state index is 0.0212. The number of benzene rings is 1. The molecule has 0 saturated heterocycles. The minimum atomic E-state index is -0.388. The van der Waals surface area contributed by atoms with Gasteiger partial charge in [0.15, 0.2) is 0 Å². The van der Waals surface area contributed by atoms with Gasteiger partial charge < -0.3 is 15.4 Å². The zero-order valence-electron chi connectivity index (χ0n) is 12.5. The summed E-state index contributed by atoms with van der Waals surface area (Å²) < 4.78 is 18.4. The number of anilines is 1. The monoisotopic (exact) mass is 282 g/mol. The number of amides is 1.